The summed E-state index contributed by atoms with van der Waals surface area (Å²) in [5.41, 5.74) is 15.6. The van der Waals surface area contributed by atoms with Crippen molar-refractivity contribution >= 4 is 40.9 Å². The number of halogens is 4. The van der Waals surface area contributed by atoms with E-state index in [1.807, 2.05) is 0 Å². The van der Waals surface area contributed by atoms with E-state index in [2.05, 4.69) is 20.3 Å². The number of carbonyl (C=O) groups is 3. The molecule has 0 bridgehead atoms. The molecule has 320 valence electrons. The highest BCUT2D eigenvalue weighted by Crippen LogP contribution is 2.29. The molecular formula is C40H45Cl2F2N9O7. The number of azide groups is 1. The third-order valence-electron chi connectivity index (χ3n) is 9.45. The highest BCUT2D eigenvalue weighted by atomic mass is 35.5. The molecule has 0 saturated carbocycles. The second-order valence-electron chi connectivity index (χ2n) is 13.8. The van der Waals surface area contributed by atoms with Crippen molar-refractivity contribution in [3.63, 3.8) is 0 Å². The van der Waals surface area contributed by atoms with Gasteiger partial charge in [0.2, 0.25) is 17.7 Å². The van der Waals surface area contributed by atoms with Crippen molar-refractivity contribution in [3.8, 4) is 0 Å². The van der Waals surface area contributed by atoms with E-state index >= 15 is 0 Å². The second kappa shape index (κ2) is 23.2. The van der Waals surface area contributed by atoms with Gasteiger partial charge in [-0.3, -0.25) is 28.7 Å². The van der Waals surface area contributed by atoms with Crippen LogP contribution in [0.15, 0.2) is 87.6 Å². The van der Waals surface area contributed by atoms with E-state index in [0.29, 0.717) is 41.4 Å². The van der Waals surface area contributed by atoms with Crippen LogP contribution in [-0.4, -0.2) is 100 Å². The first kappa shape index (κ1) is 47.1. The maximum absolute atomic E-state index is 13.3. The summed E-state index contributed by atoms with van der Waals surface area (Å²) < 4.78 is 33.2. The average Bonchev–Trinajstić information content (AvgIpc) is 3.62. The number of aryl methyl sites for hydroxylation is 1. The zero-order valence-electron chi connectivity index (χ0n) is 32.6. The number of nitrogens with zero attached hydrogens (tertiary/aromatic N) is 6. The average molecular weight is 873 g/mol. The van der Waals surface area contributed by atoms with Gasteiger partial charge < -0.3 is 30.7 Å². The topological polar surface area (TPSA) is 229 Å². The van der Waals surface area contributed by atoms with Gasteiger partial charge in [-0.25, -0.2) is 13.6 Å². The normalized spacial score (nSPS) is 15.7. The molecule has 3 amide bonds. The number of rotatable bonds is 18. The van der Waals surface area contributed by atoms with Crippen LogP contribution in [-0.2, 0) is 38.4 Å². The number of nitrogens with two attached hydrogens (primary N) is 1. The third kappa shape index (κ3) is 14.6. The number of ether oxygens (including phenoxy) is 1. The Morgan fingerprint density at radius 1 is 0.967 bits per heavy atom. The van der Waals surface area contributed by atoms with Crippen molar-refractivity contribution in [2.75, 3.05) is 45.9 Å². The quantitative estimate of drug-likeness (QED) is 0.0496. The molecule has 5 N–H and O–H groups in total. The highest BCUT2D eigenvalue weighted by Gasteiger charge is 2.35. The molecule has 0 radical (unpaired) electrons. The lowest BCUT2D eigenvalue weighted by Gasteiger charge is -2.27. The fourth-order valence-electron chi connectivity index (χ4n) is 6.16. The number of carbonyl (C=O) groups excluding carboxylic acids is 3. The van der Waals surface area contributed by atoms with Crippen LogP contribution in [0.2, 0.25) is 10.0 Å². The van der Waals surface area contributed by atoms with E-state index in [-0.39, 0.29) is 63.3 Å². The number of amides is 3. The first-order chi connectivity index (χ1) is 28.7. The molecule has 1 fully saturated rings. The number of aromatic nitrogens is 2. The first-order valence-electron chi connectivity index (χ1n) is 18.8. The van der Waals surface area contributed by atoms with Crippen molar-refractivity contribution in [2.45, 2.75) is 51.0 Å². The molecule has 1 aliphatic rings. The summed E-state index contributed by atoms with van der Waals surface area (Å²) in [5.74, 6) is -2.15. The predicted molar refractivity (Wildman–Crippen MR) is 220 cm³/mol. The molecule has 3 atom stereocenters. The molecule has 4 aromatic rings. The summed E-state index contributed by atoms with van der Waals surface area (Å²) >= 11 is 12.2. The van der Waals surface area contributed by atoms with E-state index < -0.39 is 41.4 Å². The molecule has 3 aromatic carbocycles. The number of primary amides is 1. The Balaban J connectivity index is 0.000000347. The highest BCUT2D eigenvalue weighted by molar-refractivity contribution is 6.35. The summed E-state index contributed by atoms with van der Waals surface area (Å²) in [7, 11) is 0. The predicted octanol–water partition coefficient (Wildman–Crippen LogP) is 3.84. The minimum absolute atomic E-state index is 0.0336. The molecular weight excluding hydrogens is 827 g/mol. The zero-order valence-corrected chi connectivity index (χ0v) is 34.1. The Bertz CT molecular complexity index is 2260. The minimum Gasteiger partial charge on any atom is -0.394 e. The van der Waals surface area contributed by atoms with Crippen molar-refractivity contribution in [2.24, 2.45) is 10.8 Å². The van der Waals surface area contributed by atoms with Crippen LogP contribution in [0.4, 0.5) is 8.78 Å². The van der Waals surface area contributed by atoms with E-state index in [0.717, 1.165) is 16.7 Å². The number of aromatic amines is 1. The Morgan fingerprint density at radius 2 is 1.58 bits per heavy atom. The molecule has 0 unspecified atom stereocenters. The Kier molecular flexibility index (Phi) is 18.2. The van der Waals surface area contributed by atoms with Crippen LogP contribution in [0.3, 0.4) is 0 Å². The maximum atomic E-state index is 13.3. The van der Waals surface area contributed by atoms with Crippen molar-refractivity contribution < 1.29 is 33.0 Å². The van der Waals surface area contributed by atoms with Crippen molar-refractivity contribution in [3.05, 3.63) is 148 Å². The lowest BCUT2D eigenvalue weighted by Crippen LogP contribution is -2.48. The van der Waals surface area contributed by atoms with Gasteiger partial charge in [0.05, 0.1) is 38.4 Å². The van der Waals surface area contributed by atoms with Crippen molar-refractivity contribution in [1.82, 2.24) is 24.7 Å². The summed E-state index contributed by atoms with van der Waals surface area (Å²) in [6.07, 6.45) is 1.66. The van der Waals surface area contributed by atoms with Gasteiger partial charge in [-0.15, -0.1) is 0 Å². The van der Waals surface area contributed by atoms with Crippen LogP contribution >= 0.6 is 23.2 Å². The smallest absolute Gasteiger partial charge is 0.330 e. The van der Waals surface area contributed by atoms with Crippen molar-refractivity contribution in [1.29, 1.82) is 0 Å². The minimum atomic E-state index is -0.688. The SMILES string of the molecule is Cc1cn([C@H]2C[C@H](N=[N+]=[N-])[C@@H](CO)O2)c(=O)[nH]c1=O.NC(=O)CN(CCc1ccc(Cl)cc1Cl)C(=O)CN(CCc1ccc(F)cc1)C(=O)CNCCc1ccc(F)cc1. The lowest BCUT2D eigenvalue weighted by molar-refractivity contribution is -0.141. The van der Waals surface area contributed by atoms with Crippen LogP contribution in [0.1, 0.15) is 34.9 Å². The number of nitrogens with one attached hydrogen (secondary N) is 2. The number of hydrogen-bond acceptors (Lipinski definition) is 9. The summed E-state index contributed by atoms with van der Waals surface area (Å²) in [4.78, 5) is 68.8. The van der Waals surface area contributed by atoms with Gasteiger partial charge in [0.15, 0.2) is 0 Å². The molecule has 0 spiro atoms. The fraction of sp³-hybridized carbons (Fsp3) is 0.375. The van der Waals surface area contributed by atoms with Gasteiger partial charge in [-0.1, -0.05) is 58.6 Å². The maximum Gasteiger partial charge on any atom is 0.330 e. The Hall–Kier alpha value is -5.62. The lowest BCUT2D eigenvalue weighted by atomic mass is 10.1. The van der Waals surface area contributed by atoms with Crippen LogP contribution in [0.5, 0.6) is 0 Å². The van der Waals surface area contributed by atoms with E-state index in [9.17, 15) is 32.8 Å². The van der Waals surface area contributed by atoms with Gasteiger partial charge in [0, 0.05) is 46.2 Å². The molecule has 20 heteroatoms. The monoisotopic (exact) mass is 871 g/mol. The number of aliphatic hydroxyl groups is 1. The molecule has 1 aromatic heterocycles. The molecule has 0 aliphatic carbocycles. The fourth-order valence-corrected chi connectivity index (χ4v) is 6.66. The Labute approximate surface area is 353 Å². The summed E-state index contributed by atoms with van der Waals surface area (Å²) in [6.45, 7) is 1.44. The zero-order chi connectivity index (χ0) is 43.8. The van der Waals surface area contributed by atoms with Gasteiger partial charge >= 0.3 is 5.69 Å². The molecule has 1 saturated heterocycles. The summed E-state index contributed by atoms with van der Waals surface area (Å²) in [6, 6.07) is 16.5. The molecule has 2 heterocycles. The second-order valence-corrected chi connectivity index (χ2v) is 14.7. The summed E-state index contributed by atoms with van der Waals surface area (Å²) in [5, 5.41) is 16.7. The van der Waals surface area contributed by atoms with Gasteiger partial charge in [0.25, 0.3) is 5.56 Å². The third-order valence-corrected chi connectivity index (χ3v) is 10.0. The van der Waals surface area contributed by atoms with Crippen LogP contribution in [0, 0.1) is 18.6 Å². The molecule has 1 aliphatic heterocycles. The standard InChI is InChI=1S/C30H32Cl2F2N4O3.C10H13N5O4/c31-24-6-5-23(27(32)17-24)13-16-37(19-28(35)39)30(41)20-38(15-12-22-3-9-26(34)10-4-22)29(40)18-36-14-11-21-1-7-25(33)8-2-21;1-5-3-15(10(18)12-9(5)17)8-2-6(13-14-11)7(4-16)19-8/h1-10,17,36H,11-16,18-20H2,(H2,35,39);3,6-8,16H,2,4H2,1H3,(H,12,17,18)/t;6-,7+,8+/m.0/s1. The largest absolute Gasteiger partial charge is 0.394 e. The van der Waals surface area contributed by atoms with Gasteiger partial charge in [0.1, 0.15) is 17.9 Å². The van der Waals surface area contributed by atoms with E-state index in [1.54, 1.807) is 49.4 Å². The number of hydrogen-bond donors (Lipinski definition) is 4. The number of benzene rings is 3. The van der Waals surface area contributed by atoms with Gasteiger partial charge in [-0.05, 0) is 91.4 Å². The van der Waals surface area contributed by atoms with Gasteiger partial charge in [-0.2, -0.15) is 0 Å². The molecule has 60 heavy (non-hydrogen) atoms. The Morgan fingerprint density at radius 3 is 2.18 bits per heavy atom. The van der Waals surface area contributed by atoms with Crippen LogP contribution < -0.4 is 22.3 Å². The van der Waals surface area contributed by atoms with E-state index in [1.165, 1.54) is 44.8 Å². The number of H-pyrrole nitrogens is 1. The molecule has 5 rings (SSSR count). The van der Waals surface area contributed by atoms with Crippen LogP contribution in [0.25, 0.3) is 10.4 Å². The number of aliphatic hydroxyl groups excluding tert-OH is 1. The first-order valence-corrected chi connectivity index (χ1v) is 19.5. The molecule has 16 nitrogen and oxygen atoms in total. The van der Waals surface area contributed by atoms with E-state index in [4.69, 9.17) is 44.3 Å².